The molecule has 1 aliphatic heterocycles. The number of amides is 1. The lowest BCUT2D eigenvalue weighted by Gasteiger charge is -2.07. The van der Waals surface area contributed by atoms with Crippen LogP contribution in [-0.4, -0.2) is 20.7 Å². The minimum Gasteiger partial charge on any atom is -0.348 e. The van der Waals surface area contributed by atoms with Crippen LogP contribution in [0.4, 0.5) is 0 Å². The normalized spacial score (nSPS) is 12.8. The van der Waals surface area contributed by atoms with Crippen molar-refractivity contribution in [3.05, 3.63) is 71.0 Å². The maximum atomic E-state index is 12.3. The molecule has 0 radical (unpaired) electrons. The zero-order valence-corrected chi connectivity index (χ0v) is 14.0. The number of hydrogen-bond acceptors (Lipinski definition) is 4. The zero-order valence-electron chi connectivity index (χ0n) is 14.0. The second-order valence-electron chi connectivity index (χ2n) is 6.21. The van der Waals surface area contributed by atoms with E-state index in [1.54, 1.807) is 23.1 Å². The summed E-state index contributed by atoms with van der Waals surface area (Å²) in [5.74, 6) is 0.570. The predicted molar refractivity (Wildman–Crippen MR) is 94.6 cm³/mol. The lowest BCUT2D eigenvalue weighted by atomic mass is 10.1. The fraction of sp³-hybridized carbons (Fsp3) is 0.211. The Kier molecular flexibility index (Phi) is 4.03. The first-order chi connectivity index (χ1) is 12.2. The Morgan fingerprint density at radius 2 is 1.96 bits per heavy atom. The fourth-order valence-corrected chi connectivity index (χ4v) is 2.98. The molecule has 0 atom stereocenters. The standard InChI is InChI=1S/C19H19N5O/c1-24-12-22-18(23-24)14-4-6-15(7-5-14)19(25)21-9-13-2-3-16-10-20-11-17(16)8-13/h2-8,12,20H,9-11H2,1H3,(H,21,25). The molecule has 1 aliphatic rings. The lowest BCUT2D eigenvalue weighted by Crippen LogP contribution is -2.22. The van der Waals surface area contributed by atoms with Gasteiger partial charge in [-0.25, -0.2) is 4.98 Å². The van der Waals surface area contributed by atoms with Gasteiger partial charge in [0.05, 0.1) is 0 Å². The number of benzene rings is 2. The Labute approximate surface area is 145 Å². The number of carbonyl (C=O) groups excluding carboxylic acids is 1. The molecule has 2 N–H and O–H groups in total. The molecule has 0 unspecified atom stereocenters. The van der Waals surface area contributed by atoms with Crippen LogP contribution in [-0.2, 0) is 26.7 Å². The van der Waals surface area contributed by atoms with E-state index in [9.17, 15) is 4.79 Å². The number of aryl methyl sites for hydroxylation is 1. The highest BCUT2D eigenvalue weighted by atomic mass is 16.1. The van der Waals surface area contributed by atoms with Crippen LogP contribution in [0.25, 0.3) is 11.4 Å². The van der Waals surface area contributed by atoms with Crippen LogP contribution in [0.5, 0.6) is 0 Å². The molecule has 4 rings (SSSR count). The lowest BCUT2D eigenvalue weighted by molar-refractivity contribution is 0.0951. The molecular formula is C19H19N5O. The molecule has 0 spiro atoms. The van der Waals surface area contributed by atoms with Crippen LogP contribution in [0.15, 0.2) is 48.8 Å². The zero-order chi connectivity index (χ0) is 17.2. The van der Waals surface area contributed by atoms with E-state index in [4.69, 9.17) is 0 Å². The first-order valence-corrected chi connectivity index (χ1v) is 8.25. The summed E-state index contributed by atoms with van der Waals surface area (Å²) in [7, 11) is 1.83. The highest BCUT2D eigenvalue weighted by molar-refractivity contribution is 5.94. The first-order valence-electron chi connectivity index (χ1n) is 8.25. The number of nitrogens with zero attached hydrogens (tertiary/aromatic N) is 3. The maximum absolute atomic E-state index is 12.3. The van der Waals surface area contributed by atoms with Crippen molar-refractivity contribution in [2.45, 2.75) is 19.6 Å². The summed E-state index contributed by atoms with van der Waals surface area (Å²) >= 11 is 0. The number of hydrogen-bond donors (Lipinski definition) is 2. The van der Waals surface area contributed by atoms with Crippen LogP contribution in [0.3, 0.4) is 0 Å². The SMILES string of the molecule is Cn1cnc(-c2ccc(C(=O)NCc3ccc4c(c3)CNC4)cc2)n1. The Balaban J connectivity index is 1.41. The van der Waals surface area contributed by atoms with Crippen molar-refractivity contribution >= 4 is 5.91 Å². The van der Waals surface area contributed by atoms with E-state index < -0.39 is 0 Å². The molecule has 1 amide bonds. The van der Waals surface area contributed by atoms with Crippen LogP contribution >= 0.6 is 0 Å². The molecule has 0 bridgehead atoms. The van der Waals surface area contributed by atoms with Crippen molar-refractivity contribution in [1.29, 1.82) is 0 Å². The average Bonchev–Trinajstić information content (AvgIpc) is 3.28. The van der Waals surface area contributed by atoms with Crippen molar-refractivity contribution in [3.63, 3.8) is 0 Å². The molecule has 126 valence electrons. The van der Waals surface area contributed by atoms with Crippen molar-refractivity contribution in [3.8, 4) is 11.4 Å². The van der Waals surface area contributed by atoms with Crippen molar-refractivity contribution in [2.75, 3.05) is 0 Å². The number of fused-ring (bicyclic) bond motifs is 1. The fourth-order valence-electron chi connectivity index (χ4n) is 2.98. The van der Waals surface area contributed by atoms with E-state index in [-0.39, 0.29) is 5.91 Å². The summed E-state index contributed by atoms with van der Waals surface area (Å²) in [6.45, 7) is 2.36. The highest BCUT2D eigenvalue weighted by Gasteiger charge is 2.11. The number of nitrogens with one attached hydrogen (secondary N) is 2. The molecule has 0 aliphatic carbocycles. The van der Waals surface area contributed by atoms with Crippen LogP contribution < -0.4 is 10.6 Å². The van der Waals surface area contributed by atoms with Gasteiger partial charge in [-0.3, -0.25) is 9.48 Å². The summed E-state index contributed by atoms with van der Waals surface area (Å²) in [6.07, 6.45) is 1.65. The van der Waals surface area contributed by atoms with Crippen LogP contribution in [0.2, 0.25) is 0 Å². The third-order valence-electron chi connectivity index (χ3n) is 4.36. The largest absolute Gasteiger partial charge is 0.348 e. The Bertz CT molecular complexity index is 914. The van der Waals surface area contributed by atoms with E-state index in [1.807, 2.05) is 19.2 Å². The minimum absolute atomic E-state index is 0.0841. The molecule has 25 heavy (non-hydrogen) atoms. The molecule has 6 nitrogen and oxygen atoms in total. The molecule has 0 saturated carbocycles. The van der Waals surface area contributed by atoms with Gasteiger partial charge in [-0.15, -0.1) is 0 Å². The van der Waals surface area contributed by atoms with Crippen molar-refractivity contribution in [1.82, 2.24) is 25.4 Å². The van der Waals surface area contributed by atoms with Gasteiger partial charge < -0.3 is 10.6 Å². The maximum Gasteiger partial charge on any atom is 0.251 e. The quantitative estimate of drug-likeness (QED) is 0.766. The van der Waals surface area contributed by atoms with Gasteiger partial charge in [0.2, 0.25) is 0 Å². The van der Waals surface area contributed by atoms with Gasteiger partial charge in [0, 0.05) is 37.8 Å². The second kappa shape index (κ2) is 6.49. The molecular weight excluding hydrogens is 314 g/mol. The summed E-state index contributed by atoms with van der Waals surface area (Å²) in [5.41, 5.74) is 5.30. The molecule has 0 fully saturated rings. The Morgan fingerprint density at radius 1 is 1.16 bits per heavy atom. The smallest absolute Gasteiger partial charge is 0.251 e. The van der Waals surface area contributed by atoms with Gasteiger partial charge in [-0.05, 0) is 28.8 Å². The van der Waals surface area contributed by atoms with E-state index in [2.05, 4.69) is 38.9 Å². The monoisotopic (exact) mass is 333 g/mol. The van der Waals surface area contributed by atoms with E-state index in [1.165, 1.54) is 11.1 Å². The number of rotatable bonds is 4. The van der Waals surface area contributed by atoms with Crippen LogP contribution in [0.1, 0.15) is 27.0 Å². The summed E-state index contributed by atoms with van der Waals surface area (Å²) in [6, 6.07) is 13.7. The third-order valence-corrected chi connectivity index (χ3v) is 4.36. The highest BCUT2D eigenvalue weighted by Crippen LogP contribution is 2.17. The second-order valence-corrected chi connectivity index (χ2v) is 6.21. The van der Waals surface area contributed by atoms with Gasteiger partial charge >= 0.3 is 0 Å². The number of aromatic nitrogens is 3. The van der Waals surface area contributed by atoms with Gasteiger partial charge in [0.25, 0.3) is 5.91 Å². The van der Waals surface area contributed by atoms with E-state index >= 15 is 0 Å². The van der Waals surface area contributed by atoms with Gasteiger partial charge in [0.15, 0.2) is 5.82 Å². The average molecular weight is 333 g/mol. The van der Waals surface area contributed by atoms with Crippen LogP contribution in [0, 0.1) is 0 Å². The van der Waals surface area contributed by atoms with E-state index in [0.717, 1.165) is 24.2 Å². The molecule has 6 heteroatoms. The van der Waals surface area contributed by atoms with Gasteiger partial charge in [0.1, 0.15) is 6.33 Å². The van der Waals surface area contributed by atoms with Crippen molar-refractivity contribution in [2.24, 2.45) is 7.05 Å². The molecule has 3 aromatic rings. The topological polar surface area (TPSA) is 71.8 Å². The van der Waals surface area contributed by atoms with Gasteiger partial charge in [-0.1, -0.05) is 30.3 Å². The van der Waals surface area contributed by atoms with Crippen molar-refractivity contribution < 1.29 is 4.79 Å². The Morgan fingerprint density at radius 3 is 2.72 bits per heavy atom. The molecule has 2 heterocycles. The number of carbonyl (C=O) groups is 1. The summed E-state index contributed by atoms with van der Waals surface area (Å²) in [5, 5.41) is 10.6. The summed E-state index contributed by atoms with van der Waals surface area (Å²) < 4.78 is 1.65. The molecule has 2 aromatic carbocycles. The van der Waals surface area contributed by atoms with Gasteiger partial charge in [-0.2, -0.15) is 5.10 Å². The molecule has 0 saturated heterocycles. The predicted octanol–water partition coefficient (Wildman–Crippen LogP) is 2.02. The Hall–Kier alpha value is -2.99. The van der Waals surface area contributed by atoms with E-state index in [0.29, 0.717) is 17.9 Å². The minimum atomic E-state index is -0.0841. The summed E-state index contributed by atoms with van der Waals surface area (Å²) in [4.78, 5) is 16.6. The molecule has 1 aromatic heterocycles. The third kappa shape index (κ3) is 3.29. The first kappa shape index (κ1) is 15.5.